The van der Waals surface area contributed by atoms with E-state index in [2.05, 4.69) is 28.5 Å². The Bertz CT molecular complexity index is 583. The Balaban J connectivity index is 2.12. The first kappa shape index (κ1) is 12.0. The number of fused-ring (bicyclic) bond motifs is 1. The van der Waals surface area contributed by atoms with Crippen molar-refractivity contribution >= 4 is 22.8 Å². The van der Waals surface area contributed by atoms with Gasteiger partial charge in [0.2, 0.25) is 0 Å². The number of aromatic nitrogens is 4. The smallest absolute Gasteiger partial charge is 0.158 e. The molecule has 0 aliphatic heterocycles. The van der Waals surface area contributed by atoms with Crippen molar-refractivity contribution in [1.82, 2.24) is 19.3 Å². The average Bonchev–Trinajstić information content (AvgIpc) is 2.81. The third-order valence-electron chi connectivity index (χ3n) is 3.99. The van der Waals surface area contributed by atoms with E-state index < -0.39 is 0 Å². The molecule has 1 fully saturated rings. The number of halogens is 1. The molecule has 0 amide bonds. The molecule has 1 saturated carbocycles. The van der Waals surface area contributed by atoms with Gasteiger partial charge in [-0.2, -0.15) is 5.10 Å². The molecule has 98 valence electrons. The summed E-state index contributed by atoms with van der Waals surface area (Å²) in [5.74, 6) is 3.07. The van der Waals surface area contributed by atoms with Crippen LogP contribution < -0.4 is 0 Å². The highest BCUT2D eigenvalue weighted by molar-refractivity contribution is 6.16. The number of alkyl halides is 1. The lowest BCUT2D eigenvalue weighted by Gasteiger charge is -2.08. The van der Waals surface area contributed by atoms with Gasteiger partial charge < -0.3 is 4.57 Å². The zero-order valence-electron chi connectivity index (χ0n) is 11.1. The number of aryl methyl sites for hydroxylation is 2. The maximum atomic E-state index is 6.04. The molecule has 1 aliphatic carbocycles. The topological polar surface area (TPSA) is 35.6 Å². The van der Waals surface area contributed by atoms with Gasteiger partial charge in [0, 0.05) is 13.1 Å². The molecule has 1 aliphatic rings. The van der Waals surface area contributed by atoms with E-state index in [1.165, 1.54) is 6.42 Å². The molecule has 2 aromatic heterocycles. The fraction of sp³-hybridized carbons (Fsp3) is 0.692. The van der Waals surface area contributed by atoms with Crippen LogP contribution in [0.15, 0.2) is 0 Å². The number of hydrogen-bond donors (Lipinski definition) is 0. The standard InChI is InChI=1S/C13H19ClN4/c1-4-18-13-12(9(3)16-18)15-11(6-14)17(13)7-10-5-8(10)2/h8,10H,4-7H2,1-3H3. The van der Waals surface area contributed by atoms with Crippen LogP contribution in [0.2, 0.25) is 0 Å². The van der Waals surface area contributed by atoms with E-state index in [1.807, 2.05) is 11.6 Å². The number of nitrogens with zero attached hydrogens (tertiary/aromatic N) is 4. The van der Waals surface area contributed by atoms with E-state index in [4.69, 9.17) is 11.6 Å². The van der Waals surface area contributed by atoms with Crippen molar-refractivity contribution in [2.45, 2.75) is 46.2 Å². The van der Waals surface area contributed by atoms with E-state index in [9.17, 15) is 0 Å². The lowest BCUT2D eigenvalue weighted by atomic mass is 10.3. The molecule has 0 spiro atoms. The zero-order valence-corrected chi connectivity index (χ0v) is 11.9. The van der Waals surface area contributed by atoms with Crippen LogP contribution in [0.5, 0.6) is 0 Å². The molecule has 3 rings (SSSR count). The van der Waals surface area contributed by atoms with Gasteiger partial charge in [0.25, 0.3) is 0 Å². The summed E-state index contributed by atoms with van der Waals surface area (Å²) in [5.41, 5.74) is 3.16. The summed E-state index contributed by atoms with van der Waals surface area (Å²) in [4.78, 5) is 4.65. The van der Waals surface area contributed by atoms with Crippen LogP contribution >= 0.6 is 11.6 Å². The Hall–Kier alpha value is -1.03. The van der Waals surface area contributed by atoms with Crippen molar-refractivity contribution in [1.29, 1.82) is 0 Å². The minimum Gasteiger partial charge on any atom is -0.312 e. The third kappa shape index (κ3) is 1.74. The maximum absolute atomic E-state index is 6.04. The largest absolute Gasteiger partial charge is 0.312 e. The summed E-state index contributed by atoms with van der Waals surface area (Å²) >= 11 is 6.04. The quantitative estimate of drug-likeness (QED) is 0.798. The Labute approximate surface area is 112 Å². The van der Waals surface area contributed by atoms with Gasteiger partial charge >= 0.3 is 0 Å². The number of rotatable bonds is 4. The molecular weight excluding hydrogens is 248 g/mol. The summed E-state index contributed by atoms with van der Waals surface area (Å²) in [6.07, 6.45) is 1.32. The van der Waals surface area contributed by atoms with Gasteiger partial charge in [-0.25, -0.2) is 9.67 Å². The van der Waals surface area contributed by atoms with Crippen molar-refractivity contribution in [2.75, 3.05) is 0 Å². The van der Waals surface area contributed by atoms with Crippen LogP contribution in [0.3, 0.4) is 0 Å². The number of hydrogen-bond acceptors (Lipinski definition) is 2. The lowest BCUT2D eigenvalue weighted by molar-refractivity contribution is 0.564. The first-order valence-electron chi connectivity index (χ1n) is 6.64. The van der Waals surface area contributed by atoms with Gasteiger partial charge in [-0.1, -0.05) is 6.92 Å². The summed E-state index contributed by atoms with van der Waals surface area (Å²) in [5, 5.41) is 4.54. The average molecular weight is 267 g/mol. The highest BCUT2D eigenvalue weighted by Crippen LogP contribution is 2.40. The molecule has 0 aromatic carbocycles. The van der Waals surface area contributed by atoms with E-state index in [0.717, 1.165) is 47.6 Å². The first-order valence-corrected chi connectivity index (χ1v) is 7.17. The second-order valence-corrected chi connectivity index (χ2v) is 5.59. The van der Waals surface area contributed by atoms with Crippen LogP contribution in [0.25, 0.3) is 11.2 Å². The normalized spacial score (nSPS) is 22.9. The van der Waals surface area contributed by atoms with E-state index in [0.29, 0.717) is 5.88 Å². The molecule has 5 heteroatoms. The fourth-order valence-corrected chi connectivity index (χ4v) is 2.88. The Morgan fingerprint density at radius 2 is 2.17 bits per heavy atom. The van der Waals surface area contributed by atoms with E-state index >= 15 is 0 Å². The Kier molecular flexibility index (Phi) is 2.85. The second kappa shape index (κ2) is 4.26. The zero-order chi connectivity index (χ0) is 12.9. The van der Waals surface area contributed by atoms with Crippen molar-refractivity contribution in [3.8, 4) is 0 Å². The van der Waals surface area contributed by atoms with E-state index in [-0.39, 0.29) is 0 Å². The van der Waals surface area contributed by atoms with Crippen molar-refractivity contribution in [2.24, 2.45) is 11.8 Å². The fourth-order valence-electron chi connectivity index (χ4n) is 2.67. The molecular formula is C13H19ClN4. The molecule has 2 aromatic rings. The summed E-state index contributed by atoms with van der Waals surface area (Å²) in [6.45, 7) is 8.34. The summed E-state index contributed by atoms with van der Waals surface area (Å²) in [6, 6.07) is 0. The van der Waals surface area contributed by atoms with Crippen molar-refractivity contribution in [3.05, 3.63) is 11.5 Å². The molecule has 0 bridgehead atoms. The molecule has 2 atom stereocenters. The summed E-state index contributed by atoms with van der Waals surface area (Å²) in [7, 11) is 0. The van der Waals surface area contributed by atoms with Crippen molar-refractivity contribution in [3.63, 3.8) is 0 Å². The molecule has 2 unspecified atom stereocenters. The third-order valence-corrected chi connectivity index (χ3v) is 4.23. The SMILES string of the molecule is CCn1nc(C)c2nc(CCl)n(CC3CC3C)c21. The molecule has 0 N–H and O–H groups in total. The van der Waals surface area contributed by atoms with Gasteiger partial charge in [0.15, 0.2) is 5.65 Å². The first-order chi connectivity index (χ1) is 8.65. The van der Waals surface area contributed by atoms with Crippen LogP contribution in [0.4, 0.5) is 0 Å². The minimum atomic E-state index is 0.471. The lowest BCUT2D eigenvalue weighted by Crippen LogP contribution is -2.09. The minimum absolute atomic E-state index is 0.471. The molecule has 4 nitrogen and oxygen atoms in total. The highest BCUT2D eigenvalue weighted by Gasteiger charge is 2.34. The van der Waals surface area contributed by atoms with Gasteiger partial charge in [-0.3, -0.25) is 0 Å². The van der Waals surface area contributed by atoms with Crippen LogP contribution in [-0.2, 0) is 19.0 Å². The number of imidazole rings is 1. The summed E-state index contributed by atoms with van der Waals surface area (Å²) < 4.78 is 4.32. The molecule has 2 heterocycles. The molecule has 18 heavy (non-hydrogen) atoms. The molecule has 0 saturated heterocycles. The Morgan fingerprint density at radius 3 is 2.72 bits per heavy atom. The predicted molar refractivity (Wildman–Crippen MR) is 72.8 cm³/mol. The van der Waals surface area contributed by atoms with Crippen LogP contribution in [0, 0.1) is 18.8 Å². The highest BCUT2D eigenvalue weighted by atomic mass is 35.5. The van der Waals surface area contributed by atoms with Crippen LogP contribution in [-0.4, -0.2) is 19.3 Å². The van der Waals surface area contributed by atoms with Gasteiger partial charge in [0.1, 0.15) is 11.3 Å². The maximum Gasteiger partial charge on any atom is 0.158 e. The predicted octanol–water partition coefficient (Wildman–Crippen LogP) is 2.96. The molecule has 0 radical (unpaired) electrons. The monoisotopic (exact) mass is 266 g/mol. The second-order valence-electron chi connectivity index (χ2n) is 5.32. The van der Waals surface area contributed by atoms with Gasteiger partial charge in [0.05, 0.1) is 11.6 Å². The van der Waals surface area contributed by atoms with Crippen molar-refractivity contribution < 1.29 is 0 Å². The van der Waals surface area contributed by atoms with Gasteiger partial charge in [-0.15, -0.1) is 11.6 Å². The van der Waals surface area contributed by atoms with Crippen LogP contribution in [0.1, 0.15) is 31.8 Å². The Morgan fingerprint density at radius 1 is 1.44 bits per heavy atom. The van der Waals surface area contributed by atoms with Gasteiger partial charge in [-0.05, 0) is 32.1 Å². The van der Waals surface area contributed by atoms with E-state index in [1.54, 1.807) is 0 Å².